The quantitative estimate of drug-likeness (QED) is 0.844. The third-order valence-corrected chi connectivity index (χ3v) is 4.14. The van der Waals surface area contributed by atoms with Crippen molar-refractivity contribution in [3.8, 4) is 0 Å². The lowest BCUT2D eigenvalue weighted by Gasteiger charge is -2.29. The normalized spacial score (nSPS) is 18.1. The van der Waals surface area contributed by atoms with Gasteiger partial charge in [-0.3, -0.25) is 0 Å². The molecule has 1 aromatic heterocycles. The minimum Gasteiger partial charge on any atom is -0.344 e. The van der Waals surface area contributed by atoms with Gasteiger partial charge < -0.3 is 15.2 Å². The molecule has 0 aromatic carbocycles. The molecule has 1 fully saturated rings. The summed E-state index contributed by atoms with van der Waals surface area (Å²) in [7, 11) is 2.18. The van der Waals surface area contributed by atoms with Crippen LogP contribution in [0.3, 0.4) is 0 Å². The molecule has 19 heavy (non-hydrogen) atoms. The van der Waals surface area contributed by atoms with Gasteiger partial charge in [0.1, 0.15) is 5.82 Å². The molecule has 0 spiro atoms. The molecule has 4 nitrogen and oxygen atoms in total. The number of halogens is 1. The van der Waals surface area contributed by atoms with Crippen LogP contribution in [-0.2, 0) is 13.0 Å². The van der Waals surface area contributed by atoms with E-state index < -0.39 is 0 Å². The lowest BCUT2D eigenvalue weighted by atomic mass is 10.1. The zero-order valence-electron chi connectivity index (χ0n) is 12.0. The number of nitrogens with zero attached hydrogens (tertiary/aromatic N) is 2. The summed E-state index contributed by atoms with van der Waals surface area (Å²) in [5, 5.41) is 4.22. The summed E-state index contributed by atoms with van der Waals surface area (Å²) < 4.78 is 0. The van der Waals surface area contributed by atoms with Crippen LogP contribution in [0.15, 0.2) is 0 Å². The van der Waals surface area contributed by atoms with Crippen LogP contribution in [0.25, 0.3) is 0 Å². The van der Waals surface area contributed by atoms with Crippen LogP contribution in [0.4, 0.5) is 0 Å². The molecule has 2 rings (SSSR count). The zero-order chi connectivity index (χ0) is 13.7. The molecule has 0 radical (unpaired) electrons. The molecule has 0 unspecified atom stereocenters. The van der Waals surface area contributed by atoms with Gasteiger partial charge in [-0.05, 0) is 39.4 Å². The van der Waals surface area contributed by atoms with Crippen molar-refractivity contribution in [2.45, 2.75) is 51.6 Å². The maximum Gasteiger partial charge on any atom is 0.151 e. The Morgan fingerprint density at radius 2 is 2.16 bits per heavy atom. The van der Waals surface area contributed by atoms with Crippen LogP contribution in [0, 0.1) is 0 Å². The predicted molar refractivity (Wildman–Crippen MR) is 79.6 cm³/mol. The smallest absolute Gasteiger partial charge is 0.151 e. The van der Waals surface area contributed by atoms with Crippen LogP contribution in [0.1, 0.15) is 44.1 Å². The second kappa shape index (κ2) is 7.27. The molecular formula is C14H25ClN4. The third-order valence-electron chi connectivity index (χ3n) is 3.83. The van der Waals surface area contributed by atoms with Crippen molar-refractivity contribution >= 4 is 11.6 Å². The number of H-pyrrole nitrogens is 1. The van der Waals surface area contributed by atoms with E-state index in [0.717, 1.165) is 30.9 Å². The molecular weight excluding hydrogens is 260 g/mol. The van der Waals surface area contributed by atoms with Gasteiger partial charge in [-0.15, -0.1) is 0 Å². The monoisotopic (exact) mass is 284 g/mol. The first-order valence-electron chi connectivity index (χ1n) is 7.34. The molecule has 0 saturated carbocycles. The van der Waals surface area contributed by atoms with Crippen molar-refractivity contribution in [2.24, 2.45) is 0 Å². The van der Waals surface area contributed by atoms with Gasteiger partial charge in [-0.25, -0.2) is 4.98 Å². The number of hydrogen-bond acceptors (Lipinski definition) is 3. The summed E-state index contributed by atoms with van der Waals surface area (Å²) in [6.07, 6.45) is 5.76. The Kier molecular flexibility index (Phi) is 5.67. The molecule has 108 valence electrons. The Hall–Kier alpha value is -0.580. The Morgan fingerprint density at radius 3 is 2.84 bits per heavy atom. The molecule has 1 saturated heterocycles. The number of aromatic nitrogens is 2. The van der Waals surface area contributed by atoms with E-state index in [1.807, 2.05) is 0 Å². The molecule has 0 amide bonds. The highest BCUT2D eigenvalue weighted by molar-refractivity contribution is 6.30. The number of nitrogens with one attached hydrogen (secondary N) is 2. The number of imidazole rings is 1. The Labute approximate surface area is 120 Å². The summed E-state index contributed by atoms with van der Waals surface area (Å²) in [6, 6.07) is 0.606. The van der Waals surface area contributed by atoms with Crippen LogP contribution in [0.2, 0.25) is 5.15 Å². The third kappa shape index (κ3) is 4.48. The number of hydrogen-bond donors (Lipinski definition) is 2. The fraction of sp³-hybridized carbons (Fsp3) is 0.786. The van der Waals surface area contributed by atoms with E-state index in [4.69, 9.17) is 11.6 Å². The van der Waals surface area contributed by atoms with Crippen molar-refractivity contribution in [3.05, 3.63) is 16.7 Å². The van der Waals surface area contributed by atoms with E-state index in [0.29, 0.717) is 11.2 Å². The average Bonchev–Trinajstić information content (AvgIpc) is 2.76. The van der Waals surface area contributed by atoms with Gasteiger partial charge in [0, 0.05) is 19.0 Å². The average molecular weight is 285 g/mol. The van der Waals surface area contributed by atoms with Crippen LogP contribution in [-0.4, -0.2) is 41.0 Å². The van der Waals surface area contributed by atoms with Crippen molar-refractivity contribution in [3.63, 3.8) is 0 Å². The topological polar surface area (TPSA) is 44.0 Å². The SMILES string of the molecule is CCCCc1nc(Cl)c(CNC2CCN(C)CC2)[nH]1. The van der Waals surface area contributed by atoms with Crippen LogP contribution >= 0.6 is 11.6 Å². The minimum absolute atomic E-state index is 0.606. The standard InChI is InChI=1S/C14H25ClN4/c1-3-4-5-13-17-12(14(15)18-13)10-16-11-6-8-19(2)9-7-11/h11,16H,3-10H2,1-2H3,(H,17,18). The van der Waals surface area contributed by atoms with E-state index in [-0.39, 0.29) is 0 Å². The van der Waals surface area contributed by atoms with E-state index in [1.54, 1.807) is 0 Å². The molecule has 1 aliphatic rings. The van der Waals surface area contributed by atoms with Crippen molar-refractivity contribution < 1.29 is 0 Å². The summed E-state index contributed by atoms with van der Waals surface area (Å²) in [4.78, 5) is 10.1. The fourth-order valence-electron chi connectivity index (χ4n) is 2.48. The first-order valence-corrected chi connectivity index (χ1v) is 7.72. The molecule has 1 aliphatic heterocycles. The first-order chi connectivity index (χ1) is 9.19. The molecule has 2 heterocycles. The largest absolute Gasteiger partial charge is 0.344 e. The van der Waals surface area contributed by atoms with Crippen LogP contribution in [0.5, 0.6) is 0 Å². The lowest BCUT2D eigenvalue weighted by molar-refractivity contribution is 0.234. The maximum absolute atomic E-state index is 6.17. The highest BCUT2D eigenvalue weighted by Crippen LogP contribution is 2.15. The lowest BCUT2D eigenvalue weighted by Crippen LogP contribution is -2.40. The molecule has 1 aromatic rings. The Morgan fingerprint density at radius 1 is 1.42 bits per heavy atom. The van der Waals surface area contributed by atoms with E-state index in [1.165, 1.54) is 32.4 Å². The fourth-order valence-corrected chi connectivity index (χ4v) is 2.69. The summed E-state index contributed by atoms with van der Waals surface area (Å²) in [5.74, 6) is 1.02. The number of piperidine rings is 1. The number of aryl methyl sites for hydroxylation is 1. The van der Waals surface area contributed by atoms with E-state index in [2.05, 4.69) is 34.2 Å². The van der Waals surface area contributed by atoms with Gasteiger partial charge in [0.25, 0.3) is 0 Å². The summed E-state index contributed by atoms with van der Waals surface area (Å²) in [5.41, 5.74) is 1.03. The van der Waals surface area contributed by atoms with Gasteiger partial charge >= 0.3 is 0 Å². The van der Waals surface area contributed by atoms with Gasteiger partial charge in [0.05, 0.1) is 5.69 Å². The highest BCUT2D eigenvalue weighted by atomic mass is 35.5. The van der Waals surface area contributed by atoms with Crippen molar-refractivity contribution in [1.82, 2.24) is 20.2 Å². The zero-order valence-corrected chi connectivity index (χ0v) is 12.8. The summed E-state index contributed by atoms with van der Waals surface area (Å²) >= 11 is 6.17. The Balaban J connectivity index is 1.80. The molecule has 5 heteroatoms. The van der Waals surface area contributed by atoms with Gasteiger partial charge in [-0.1, -0.05) is 24.9 Å². The van der Waals surface area contributed by atoms with Gasteiger partial charge in [-0.2, -0.15) is 0 Å². The van der Waals surface area contributed by atoms with Crippen molar-refractivity contribution in [2.75, 3.05) is 20.1 Å². The highest BCUT2D eigenvalue weighted by Gasteiger charge is 2.17. The predicted octanol–water partition coefficient (Wildman–Crippen LogP) is 2.59. The molecule has 2 N–H and O–H groups in total. The van der Waals surface area contributed by atoms with E-state index in [9.17, 15) is 0 Å². The summed E-state index contributed by atoms with van der Waals surface area (Å²) in [6.45, 7) is 5.34. The second-order valence-electron chi connectivity index (χ2n) is 5.51. The molecule has 0 bridgehead atoms. The minimum atomic E-state index is 0.606. The van der Waals surface area contributed by atoms with E-state index >= 15 is 0 Å². The van der Waals surface area contributed by atoms with Crippen LogP contribution < -0.4 is 5.32 Å². The second-order valence-corrected chi connectivity index (χ2v) is 5.87. The first kappa shape index (κ1) is 14.8. The number of rotatable bonds is 6. The number of aromatic amines is 1. The van der Waals surface area contributed by atoms with Gasteiger partial charge in [0.2, 0.25) is 0 Å². The Bertz CT molecular complexity index is 383. The number of unbranched alkanes of at least 4 members (excludes halogenated alkanes) is 1. The molecule has 0 atom stereocenters. The maximum atomic E-state index is 6.17. The number of likely N-dealkylation sites (tertiary alicyclic amines) is 1. The van der Waals surface area contributed by atoms with Gasteiger partial charge in [0.15, 0.2) is 5.15 Å². The molecule has 0 aliphatic carbocycles. The van der Waals surface area contributed by atoms with Crippen molar-refractivity contribution in [1.29, 1.82) is 0 Å².